The van der Waals surface area contributed by atoms with E-state index in [9.17, 15) is 80.4 Å². The number of nitrogens with two attached hydrogens (primary N) is 2. The van der Waals surface area contributed by atoms with Gasteiger partial charge in [0, 0.05) is 84.7 Å². The molecule has 0 unspecified atom stereocenters. The number of rotatable bonds is 24. The Kier molecular flexibility index (Phi) is 40.9. The molecule has 0 aliphatic heterocycles. The number of hydrazine groups is 5. The van der Waals surface area contributed by atoms with E-state index < -0.39 is 96.7 Å². The maximum absolute atomic E-state index is 14.1. The first kappa shape index (κ1) is 111. The van der Waals surface area contributed by atoms with Crippen molar-refractivity contribution in [2.24, 2.45) is 11.7 Å². The number of imide groups is 1. The van der Waals surface area contributed by atoms with Crippen LogP contribution in [0.4, 0.5) is 0 Å². The van der Waals surface area contributed by atoms with E-state index >= 15 is 0 Å². The van der Waals surface area contributed by atoms with Crippen LogP contribution in [0.25, 0.3) is 0 Å². The number of methoxy groups -OCH3 is 5. The summed E-state index contributed by atoms with van der Waals surface area (Å²) in [6.07, 6.45) is 0. The number of benzene rings is 13. The third-order valence-corrected chi connectivity index (χ3v) is 27.6. The van der Waals surface area contributed by atoms with Crippen LogP contribution in [-0.2, 0) is 50.1 Å². The summed E-state index contributed by atoms with van der Waals surface area (Å²) < 4.78 is 151. The van der Waals surface area contributed by atoms with Crippen LogP contribution >= 0.6 is 104 Å². The normalized spacial score (nSPS) is 10.9. The van der Waals surface area contributed by atoms with E-state index in [2.05, 4.69) is 10.9 Å². The van der Waals surface area contributed by atoms with Crippen molar-refractivity contribution in [1.29, 1.82) is 0 Å². The second-order valence-corrected chi connectivity index (χ2v) is 39.6. The maximum atomic E-state index is 14.1. The lowest BCUT2D eigenvalue weighted by Crippen LogP contribution is -2.55. The molecule has 0 saturated heterocycles. The number of ether oxygens (including phenoxy) is 5. The molecule has 13 aromatic carbocycles. The number of carbonyl (C=O) groups is 8. The first-order valence-electron chi connectivity index (χ1n) is 38.6. The van der Waals surface area contributed by atoms with Gasteiger partial charge in [0.15, 0.2) is 0 Å². The number of carbonyl (C=O) groups excluding carboxylic acids is 8. The molecule has 47 heteroatoms. The number of hydrogen-bond donors (Lipinski definition) is 6. The van der Waals surface area contributed by atoms with Crippen molar-refractivity contribution in [3.63, 3.8) is 0 Å². The standard InChI is InChI=1S/C28H19Cl3N2O6S.C21H16Cl2N2O5S.2C14H13ClN2O4S.C7H4Cl2O.C7H10N2O3S/c1-39-24-14-16-25(17-15-24)40(37,38)33(28(36)20-6-12-23(31)13-7-20)32(26(34)18-2-8-21(29)9-3-18)27(35)19-4-10-22(30)11-5-19;1-30-18-10-12-19(13-11-18)31(28,29)25(21(27)15-4-8-17(23)9-5-15)24-20(26)14-2-6-16(22)7-3-14;1-21-12-6-8-13(9-7-12)22(19,20)17(16)14(18)10-2-4-11(15)5-3-10;1-21-12-6-8-13(9-7-12)22(19,20)17-16-14(18)10-2-4-11(15)5-3-10;8-6-3-1-5(2-4-6)7(9)10;1-12-6-2-4-7(5-3-6)13(10,11)9-8/h2-17H,1H3;2-13H,1H3,(H,24,26);2-9H,16H2,1H3;2-9,17H,1H3,(H,16,18);1-4H;2-5,9H,8H2,1H3. The Morgan fingerprint density at radius 3 is 0.783 bits per heavy atom. The molecule has 0 heterocycles. The van der Waals surface area contributed by atoms with Crippen LogP contribution in [0, 0.1) is 0 Å². The number of nitrogens with one attached hydrogen (secondary N) is 4. The second kappa shape index (κ2) is 51.0. The summed E-state index contributed by atoms with van der Waals surface area (Å²) >= 11 is 51.8. The molecule has 0 atom stereocenters. The summed E-state index contributed by atoms with van der Waals surface area (Å²) in [6, 6.07) is 73.3. The third-order valence-electron chi connectivity index (χ3n) is 18.1. The Balaban J connectivity index is 0.000000214. The molecule has 8 N–H and O–H groups in total. The Bertz CT molecular complexity index is 7020. The highest BCUT2D eigenvalue weighted by atomic mass is 35.5. The van der Waals surface area contributed by atoms with Gasteiger partial charge in [0.05, 0.1) is 60.0 Å². The van der Waals surface area contributed by atoms with E-state index in [1.165, 1.54) is 315 Å². The highest BCUT2D eigenvalue weighted by Crippen LogP contribution is 2.31. The van der Waals surface area contributed by atoms with Crippen molar-refractivity contribution in [1.82, 2.24) is 38.8 Å². The second-order valence-electron chi connectivity index (χ2n) is 27.0. The van der Waals surface area contributed by atoms with E-state index in [-0.39, 0.29) is 82.3 Å². The summed E-state index contributed by atoms with van der Waals surface area (Å²) in [5.41, 5.74) is 4.94. The molecule has 7 amide bonds. The van der Waals surface area contributed by atoms with E-state index in [1.54, 1.807) is 41.2 Å². The van der Waals surface area contributed by atoms with Crippen LogP contribution in [0.1, 0.15) is 82.9 Å². The van der Waals surface area contributed by atoms with Crippen LogP contribution < -0.4 is 55.9 Å². The maximum Gasteiger partial charge on any atom is 0.287 e. The number of amides is 7. The number of halogens is 9. The molecule has 0 aliphatic rings. The molecule has 13 rings (SSSR count). The number of nitrogens with zero attached hydrogens (tertiary/aromatic N) is 4. The molecule has 0 spiro atoms. The largest absolute Gasteiger partial charge is 0.497 e. The first-order valence-corrected chi connectivity index (χ1v) is 49.2. The van der Waals surface area contributed by atoms with Gasteiger partial charge in [-0.1, -0.05) is 92.8 Å². The fraction of sp³-hybridized carbons (Fsp3) is 0.0549. The van der Waals surface area contributed by atoms with Crippen LogP contribution in [-0.4, -0.2) is 142 Å². The zero-order chi connectivity index (χ0) is 102. The average molecular weight is 2160 g/mol. The molecule has 0 fully saturated rings. The van der Waals surface area contributed by atoms with E-state index in [4.69, 9.17) is 140 Å². The van der Waals surface area contributed by atoms with E-state index in [0.717, 1.165) is 0 Å². The molecule has 138 heavy (non-hydrogen) atoms. The first-order chi connectivity index (χ1) is 65.3. The highest BCUT2D eigenvalue weighted by molar-refractivity contribution is 7.90. The van der Waals surface area contributed by atoms with Gasteiger partial charge < -0.3 is 23.7 Å². The van der Waals surface area contributed by atoms with Crippen molar-refractivity contribution >= 4 is 201 Å². The van der Waals surface area contributed by atoms with Gasteiger partial charge in [-0.05, 0) is 327 Å². The fourth-order valence-electron chi connectivity index (χ4n) is 10.8. The lowest BCUT2D eigenvalue weighted by Gasteiger charge is -2.32. The van der Waals surface area contributed by atoms with Gasteiger partial charge in [0.1, 0.15) is 28.7 Å². The predicted octanol–water partition coefficient (Wildman–Crippen LogP) is 17.2. The van der Waals surface area contributed by atoms with Gasteiger partial charge in [0.25, 0.3) is 96.7 Å². The highest BCUT2D eigenvalue weighted by Gasteiger charge is 2.43. The lowest BCUT2D eigenvalue weighted by atomic mass is 10.1. The molecular weight excluding hydrogens is 2080 g/mol. The SMILES string of the molecule is COc1ccc(S(=O)(=O)N(C(=O)c2ccc(Cl)cc2)N(C(=O)c2ccc(Cl)cc2)C(=O)c2ccc(Cl)cc2)cc1.COc1ccc(S(=O)(=O)N(N)C(=O)c2ccc(Cl)cc2)cc1.COc1ccc(S(=O)(=O)N(NC(=O)c2ccc(Cl)cc2)C(=O)c2ccc(Cl)cc2)cc1.COc1ccc(S(=O)(=O)NN)cc1.COc1ccc(S(=O)(=O)NNC(=O)c2ccc(Cl)cc2)cc1.O=C(Cl)c1ccc(Cl)cc1. The lowest BCUT2D eigenvalue weighted by molar-refractivity contribution is 0.0255. The number of sulfonamides is 5. The summed E-state index contributed by atoms with van der Waals surface area (Å²) in [6.45, 7) is 0. The van der Waals surface area contributed by atoms with Crippen LogP contribution in [0.2, 0.25) is 40.2 Å². The molecule has 0 saturated carbocycles. The fourth-order valence-corrected chi connectivity index (χ4v) is 17.0. The quantitative estimate of drug-likeness (QED) is 0.0108. The zero-order valence-electron chi connectivity index (χ0n) is 71.8. The topological polar surface area (TPSA) is 467 Å². The molecule has 33 nitrogen and oxygen atoms in total. The predicted molar refractivity (Wildman–Crippen MR) is 521 cm³/mol. The third kappa shape index (κ3) is 30.9. The minimum Gasteiger partial charge on any atom is -0.497 e. The summed E-state index contributed by atoms with van der Waals surface area (Å²) in [7, 11) is -13.6. The molecule has 13 aromatic rings. The van der Waals surface area contributed by atoms with Crippen molar-refractivity contribution < 1.29 is 104 Å². The smallest absolute Gasteiger partial charge is 0.287 e. The van der Waals surface area contributed by atoms with Crippen LogP contribution in [0.5, 0.6) is 28.7 Å². The van der Waals surface area contributed by atoms with Crippen molar-refractivity contribution in [3.8, 4) is 28.7 Å². The van der Waals surface area contributed by atoms with Crippen molar-refractivity contribution in [2.45, 2.75) is 24.5 Å². The van der Waals surface area contributed by atoms with Gasteiger partial charge >= 0.3 is 0 Å². The van der Waals surface area contributed by atoms with Crippen LogP contribution in [0.3, 0.4) is 0 Å². The molecule has 720 valence electrons. The summed E-state index contributed by atoms with van der Waals surface area (Å²) in [4.78, 5) is 105. The number of hydrogen-bond acceptors (Lipinski definition) is 25. The molecule has 0 aliphatic carbocycles. The Hall–Kier alpha value is -12.8. The van der Waals surface area contributed by atoms with Gasteiger partial charge in [-0.25, -0.2) is 28.1 Å². The monoisotopic (exact) mass is 2150 g/mol. The van der Waals surface area contributed by atoms with Crippen molar-refractivity contribution in [2.75, 3.05) is 35.5 Å². The molecule has 0 bridgehead atoms. The van der Waals surface area contributed by atoms with E-state index in [0.29, 0.717) is 73.9 Å². The Morgan fingerprint density at radius 2 is 0.500 bits per heavy atom. The Morgan fingerprint density at radius 1 is 0.268 bits per heavy atom. The van der Waals surface area contributed by atoms with Gasteiger partial charge in [-0.3, -0.25) is 49.6 Å². The van der Waals surface area contributed by atoms with E-state index in [1.807, 2.05) is 4.83 Å². The average Bonchev–Trinajstić information content (AvgIpc) is 0.771. The summed E-state index contributed by atoms with van der Waals surface area (Å²) in [5, 5.41) is 2.98. The van der Waals surface area contributed by atoms with Crippen molar-refractivity contribution in [3.05, 3.63) is 400 Å². The molecule has 0 radical (unpaired) electrons. The van der Waals surface area contributed by atoms with Gasteiger partial charge in [0.2, 0.25) is 0 Å². The van der Waals surface area contributed by atoms with Crippen LogP contribution in [0.15, 0.2) is 340 Å². The summed E-state index contributed by atoms with van der Waals surface area (Å²) in [5.74, 6) is 6.13. The van der Waals surface area contributed by atoms with Gasteiger partial charge in [-0.2, -0.15) is 39.5 Å². The van der Waals surface area contributed by atoms with Gasteiger partial charge in [-0.15, -0.1) is 13.7 Å². The zero-order valence-corrected chi connectivity index (χ0v) is 82.7. The molecular formula is C91H75Cl9N10O23S5. The Labute approximate surface area is 837 Å². The minimum absolute atomic E-state index is 0.00436. The molecule has 0 aromatic heterocycles. The minimum atomic E-state index is -4.88.